The quantitative estimate of drug-likeness (QED) is 0.737. The molecule has 0 aliphatic carbocycles. The molecule has 0 bridgehead atoms. The molecule has 0 spiro atoms. The van der Waals surface area contributed by atoms with Gasteiger partial charge in [0, 0.05) is 33.4 Å². The summed E-state index contributed by atoms with van der Waals surface area (Å²) >= 11 is 0. The zero-order chi connectivity index (χ0) is 18.0. The number of aromatic nitrogens is 3. The largest absolute Gasteiger partial charge is 0.395 e. The van der Waals surface area contributed by atoms with Gasteiger partial charge in [-0.05, 0) is 11.6 Å². The fourth-order valence-electron chi connectivity index (χ4n) is 2.94. The Kier molecular flexibility index (Phi) is 4.67. The lowest BCUT2D eigenvalue weighted by atomic mass is 10.2. The average Bonchev–Trinajstić information content (AvgIpc) is 2.64. The number of hydrogen-bond acceptors (Lipinski definition) is 5. The van der Waals surface area contributed by atoms with Crippen molar-refractivity contribution in [2.75, 3.05) is 18.1 Å². The molecule has 1 aromatic carbocycles. The summed E-state index contributed by atoms with van der Waals surface area (Å²) in [5, 5.41) is 9.85. The fraction of sp³-hybridized carbons (Fsp3) is 0.278. The van der Waals surface area contributed by atoms with Crippen LogP contribution < -0.4 is 16.1 Å². The standard InChI is InChI=1S/C18H20N4O3/c1-20-16-15(17(24)21(2)18(20)25)14(8-9-19-16)22(10-11-23)12-13-6-4-3-5-7-13/h3-9,23H,10-12H2,1-2H3. The number of rotatable bonds is 5. The van der Waals surface area contributed by atoms with Crippen LogP contribution in [0.1, 0.15) is 5.56 Å². The second-order valence-corrected chi connectivity index (χ2v) is 5.87. The summed E-state index contributed by atoms with van der Waals surface area (Å²) in [6.07, 6.45) is 1.58. The van der Waals surface area contributed by atoms with Gasteiger partial charge in [-0.25, -0.2) is 9.78 Å². The molecule has 0 saturated carbocycles. The SMILES string of the molecule is Cn1c(=O)c2c(N(CCO)Cc3ccccc3)ccnc2n(C)c1=O. The van der Waals surface area contributed by atoms with Crippen LogP contribution in [0.25, 0.3) is 11.0 Å². The predicted octanol–water partition coefficient (Wildman–Crippen LogP) is 0.631. The third-order valence-electron chi connectivity index (χ3n) is 4.25. The summed E-state index contributed by atoms with van der Waals surface area (Å²) in [5.74, 6) is 0. The second-order valence-electron chi connectivity index (χ2n) is 5.87. The van der Waals surface area contributed by atoms with Gasteiger partial charge in [0.1, 0.15) is 5.39 Å². The number of benzene rings is 1. The minimum atomic E-state index is -0.418. The van der Waals surface area contributed by atoms with Crippen LogP contribution in [0.3, 0.4) is 0 Å². The van der Waals surface area contributed by atoms with E-state index in [1.807, 2.05) is 35.2 Å². The van der Waals surface area contributed by atoms with Crippen molar-refractivity contribution in [3.8, 4) is 0 Å². The molecule has 3 rings (SSSR count). The molecule has 1 N–H and O–H groups in total. The molecule has 0 amide bonds. The van der Waals surface area contributed by atoms with E-state index in [0.717, 1.165) is 10.1 Å². The highest BCUT2D eigenvalue weighted by Gasteiger charge is 2.17. The summed E-state index contributed by atoms with van der Waals surface area (Å²) in [7, 11) is 3.04. The van der Waals surface area contributed by atoms with E-state index in [1.54, 1.807) is 19.3 Å². The second kappa shape index (κ2) is 6.90. The lowest BCUT2D eigenvalue weighted by Crippen LogP contribution is -2.38. The Hall–Kier alpha value is -2.93. The van der Waals surface area contributed by atoms with Gasteiger partial charge in [0.25, 0.3) is 5.56 Å². The zero-order valence-corrected chi connectivity index (χ0v) is 14.2. The number of aryl methyl sites for hydroxylation is 1. The lowest BCUT2D eigenvalue weighted by molar-refractivity contribution is 0.301. The third-order valence-corrected chi connectivity index (χ3v) is 4.25. The number of nitrogens with zero attached hydrogens (tertiary/aromatic N) is 4. The van der Waals surface area contributed by atoms with Crippen LogP contribution >= 0.6 is 0 Å². The van der Waals surface area contributed by atoms with Crippen molar-refractivity contribution in [2.45, 2.75) is 6.54 Å². The van der Waals surface area contributed by atoms with Crippen molar-refractivity contribution in [3.05, 3.63) is 69.0 Å². The molecule has 0 aliphatic rings. The fourth-order valence-corrected chi connectivity index (χ4v) is 2.94. The summed E-state index contributed by atoms with van der Waals surface area (Å²) in [5.41, 5.74) is 1.24. The zero-order valence-electron chi connectivity index (χ0n) is 14.2. The highest BCUT2D eigenvalue weighted by molar-refractivity contribution is 5.88. The van der Waals surface area contributed by atoms with E-state index in [0.29, 0.717) is 29.8 Å². The molecule has 130 valence electrons. The first-order valence-corrected chi connectivity index (χ1v) is 7.99. The molecule has 7 nitrogen and oxygen atoms in total. The predicted molar refractivity (Wildman–Crippen MR) is 96.8 cm³/mol. The van der Waals surface area contributed by atoms with Gasteiger partial charge < -0.3 is 10.0 Å². The highest BCUT2D eigenvalue weighted by atomic mass is 16.3. The van der Waals surface area contributed by atoms with Crippen LogP contribution in [0.2, 0.25) is 0 Å². The molecule has 0 fully saturated rings. The first-order chi connectivity index (χ1) is 12.0. The van der Waals surface area contributed by atoms with Crippen LogP contribution in [-0.2, 0) is 20.6 Å². The minimum absolute atomic E-state index is 0.0528. The molecule has 0 atom stereocenters. The summed E-state index contributed by atoms with van der Waals surface area (Å²) in [6.45, 7) is 0.843. The van der Waals surface area contributed by atoms with Crippen LogP contribution in [0.15, 0.2) is 52.2 Å². The van der Waals surface area contributed by atoms with Gasteiger partial charge in [0.05, 0.1) is 12.3 Å². The smallest absolute Gasteiger partial charge is 0.332 e. The van der Waals surface area contributed by atoms with E-state index in [2.05, 4.69) is 4.98 Å². The molecular formula is C18H20N4O3. The van der Waals surface area contributed by atoms with Crippen LogP contribution in [0.4, 0.5) is 5.69 Å². The van der Waals surface area contributed by atoms with Crippen LogP contribution in [0.5, 0.6) is 0 Å². The monoisotopic (exact) mass is 340 g/mol. The van der Waals surface area contributed by atoms with Crippen molar-refractivity contribution < 1.29 is 5.11 Å². The Labute approximate surface area is 144 Å². The summed E-state index contributed by atoms with van der Waals surface area (Å²) < 4.78 is 2.44. The van der Waals surface area contributed by atoms with E-state index < -0.39 is 11.2 Å². The van der Waals surface area contributed by atoms with Crippen molar-refractivity contribution in [2.24, 2.45) is 14.1 Å². The van der Waals surface area contributed by atoms with Gasteiger partial charge in [-0.15, -0.1) is 0 Å². The number of aliphatic hydroxyl groups is 1. The number of hydrogen-bond donors (Lipinski definition) is 1. The van der Waals surface area contributed by atoms with E-state index in [9.17, 15) is 14.7 Å². The van der Waals surface area contributed by atoms with Crippen LogP contribution in [0, 0.1) is 0 Å². The Morgan fingerprint density at radius 2 is 1.80 bits per heavy atom. The Morgan fingerprint density at radius 1 is 1.08 bits per heavy atom. The molecular weight excluding hydrogens is 320 g/mol. The van der Waals surface area contributed by atoms with E-state index in [-0.39, 0.29) is 6.61 Å². The summed E-state index contributed by atoms with van der Waals surface area (Å²) in [4.78, 5) is 31.0. The number of fused-ring (bicyclic) bond motifs is 1. The van der Waals surface area contributed by atoms with Crippen molar-refractivity contribution in [3.63, 3.8) is 0 Å². The Morgan fingerprint density at radius 3 is 2.48 bits per heavy atom. The molecule has 2 aromatic heterocycles. The molecule has 0 aliphatic heterocycles. The molecule has 0 radical (unpaired) electrons. The van der Waals surface area contributed by atoms with E-state index in [1.165, 1.54) is 11.6 Å². The van der Waals surface area contributed by atoms with E-state index >= 15 is 0 Å². The molecule has 2 heterocycles. The first-order valence-electron chi connectivity index (χ1n) is 7.99. The topological polar surface area (TPSA) is 80.4 Å². The summed E-state index contributed by atoms with van der Waals surface area (Å²) in [6, 6.07) is 11.5. The van der Waals surface area contributed by atoms with Gasteiger partial charge in [-0.2, -0.15) is 0 Å². The van der Waals surface area contributed by atoms with Crippen molar-refractivity contribution in [1.29, 1.82) is 0 Å². The maximum atomic E-state index is 12.7. The van der Waals surface area contributed by atoms with Gasteiger partial charge in [-0.1, -0.05) is 30.3 Å². The van der Waals surface area contributed by atoms with E-state index in [4.69, 9.17) is 0 Å². The normalized spacial score (nSPS) is 11.0. The Balaban J connectivity index is 2.21. The maximum Gasteiger partial charge on any atom is 0.332 e. The van der Waals surface area contributed by atoms with Crippen LogP contribution in [-0.4, -0.2) is 32.4 Å². The molecule has 3 aromatic rings. The molecule has 0 unspecified atom stereocenters. The number of anilines is 1. The molecule has 7 heteroatoms. The first kappa shape index (κ1) is 16.9. The molecule has 25 heavy (non-hydrogen) atoms. The van der Waals surface area contributed by atoms with Gasteiger partial charge >= 0.3 is 5.69 Å². The molecule has 0 saturated heterocycles. The average molecular weight is 340 g/mol. The van der Waals surface area contributed by atoms with Gasteiger partial charge in [0.2, 0.25) is 0 Å². The maximum absolute atomic E-state index is 12.7. The minimum Gasteiger partial charge on any atom is -0.395 e. The Bertz CT molecular complexity index is 1010. The third kappa shape index (κ3) is 3.06. The van der Waals surface area contributed by atoms with Gasteiger partial charge in [0.15, 0.2) is 5.65 Å². The highest BCUT2D eigenvalue weighted by Crippen LogP contribution is 2.23. The number of pyridine rings is 1. The van der Waals surface area contributed by atoms with Crippen molar-refractivity contribution in [1.82, 2.24) is 14.1 Å². The number of aliphatic hydroxyl groups excluding tert-OH is 1. The van der Waals surface area contributed by atoms with Crippen molar-refractivity contribution >= 4 is 16.7 Å². The lowest BCUT2D eigenvalue weighted by Gasteiger charge is -2.25. The van der Waals surface area contributed by atoms with Gasteiger partial charge in [-0.3, -0.25) is 13.9 Å².